The normalized spacial score (nSPS) is 10.5. The Bertz CT molecular complexity index is 459. The van der Waals surface area contributed by atoms with Crippen LogP contribution in [0, 0.1) is 23.5 Å². The quantitative estimate of drug-likeness (QED) is 0.485. The molecular weight excluding hydrogens is 194 g/mol. The number of halogens is 2. The fraction of sp³-hybridized carbons (Fsp3) is 0.0769. The van der Waals surface area contributed by atoms with E-state index in [4.69, 9.17) is 0 Å². The fourth-order valence-electron chi connectivity index (χ4n) is 0.959. The van der Waals surface area contributed by atoms with Crippen LogP contribution in [0.3, 0.4) is 0 Å². The molecule has 0 spiro atoms. The first-order valence-corrected chi connectivity index (χ1v) is 4.43. The van der Waals surface area contributed by atoms with Gasteiger partial charge in [-0.05, 0) is 25.1 Å². The zero-order chi connectivity index (χ0) is 11.3. The second-order valence-electron chi connectivity index (χ2n) is 2.83. The van der Waals surface area contributed by atoms with Crippen LogP contribution in [0.2, 0.25) is 0 Å². The van der Waals surface area contributed by atoms with Gasteiger partial charge in [0, 0.05) is 11.1 Å². The smallest absolute Gasteiger partial charge is 0.160 e. The molecule has 1 rings (SSSR count). The van der Waals surface area contributed by atoms with Gasteiger partial charge in [-0.3, -0.25) is 0 Å². The molecule has 0 aliphatic rings. The van der Waals surface area contributed by atoms with E-state index >= 15 is 0 Å². The Labute approximate surface area is 87.9 Å². The van der Waals surface area contributed by atoms with Crippen LogP contribution in [0.15, 0.2) is 42.5 Å². The Morgan fingerprint density at radius 1 is 1.33 bits per heavy atom. The number of allylic oxidation sites excluding steroid dienone is 3. The average Bonchev–Trinajstić information content (AvgIpc) is 2.24. The average molecular weight is 204 g/mol. The SMILES string of the molecule is C=C/C(C#Cc1ccc(F)c(F)c1)=C\C. The Balaban J connectivity index is 2.99. The molecule has 0 aliphatic carbocycles. The predicted octanol–water partition coefficient (Wildman–Crippen LogP) is 3.45. The van der Waals surface area contributed by atoms with Crippen LogP contribution in [0.4, 0.5) is 8.78 Å². The summed E-state index contributed by atoms with van der Waals surface area (Å²) in [5.41, 5.74) is 1.19. The summed E-state index contributed by atoms with van der Waals surface area (Å²) in [6.07, 6.45) is 3.40. The van der Waals surface area contributed by atoms with Crippen LogP contribution in [-0.2, 0) is 0 Å². The molecule has 1 aromatic rings. The van der Waals surface area contributed by atoms with Gasteiger partial charge in [0.05, 0.1) is 0 Å². The van der Waals surface area contributed by atoms with Crippen molar-refractivity contribution in [2.45, 2.75) is 6.92 Å². The minimum Gasteiger partial charge on any atom is -0.204 e. The van der Waals surface area contributed by atoms with Crippen LogP contribution in [0.1, 0.15) is 12.5 Å². The molecule has 0 amide bonds. The van der Waals surface area contributed by atoms with E-state index in [1.54, 1.807) is 12.2 Å². The maximum atomic E-state index is 12.8. The lowest BCUT2D eigenvalue weighted by Gasteiger charge is -1.92. The third-order valence-corrected chi connectivity index (χ3v) is 1.80. The highest BCUT2D eigenvalue weighted by atomic mass is 19.2. The first kappa shape index (κ1) is 11.2. The summed E-state index contributed by atoms with van der Waals surface area (Å²) < 4.78 is 25.4. The summed E-state index contributed by atoms with van der Waals surface area (Å²) in [4.78, 5) is 0. The molecule has 0 unspecified atom stereocenters. The van der Waals surface area contributed by atoms with Crippen molar-refractivity contribution in [3.05, 3.63) is 59.7 Å². The Kier molecular flexibility index (Phi) is 3.82. The predicted molar refractivity (Wildman–Crippen MR) is 57.2 cm³/mol. The molecule has 0 fully saturated rings. The van der Waals surface area contributed by atoms with Crippen LogP contribution < -0.4 is 0 Å². The molecule has 76 valence electrons. The highest BCUT2D eigenvalue weighted by Gasteiger charge is 1.99. The topological polar surface area (TPSA) is 0 Å². The molecule has 0 saturated heterocycles. The minimum absolute atomic E-state index is 0.440. The number of hydrogen-bond donors (Lipinski definition) is 0. The number of rotatable bonds is 1. The molecule has 1 aromatic carbocycles. The number of benzene rings is 1. The van der Waals surface area contributed by atoms with Crippen molar-refractivity contribution < 1.29 is 8.78 Å². The van der Waals surface area contributed by atoms with Crippen molar-refractivity contribution in [3.8, 4) is 11.8 Å². The summed E-state index contributed by atoms with van der Waals surface area (Å²) in [6.45, 7) is 5.40. The minimum atomic E-state index is -0.887. The summed E-state index contributed by atoms with van der Waals surface area (Å²) in [7, 11) is 0. The maximum absolute atomic E-state index is 12.8. The standard InChI is InChI=1S/C13H10F2/c1-3-10(4-2)5-6-11-7-8-12(14)13(15)9-11/h3-4,7-9H,1H2,2H3/b10-4+. The van der Waals surface area contributed by atoms with Gasteiger partial charge in [-0.15, -0.1) is 0 Å². The van der Waals surface area contributed by atoms with Gasteiger partial charge in [0.1, 0.15) is 0 Å². The largest absolute Gasteiger partial charge is 0.204 e. The molecule has 0 aliphatic heterocycles. The molecule has 0 radical (unpaired) electrons. The van der Waals surface area contributed by atoms with Gasteiger partial charge in [0.25, 0.3) is 0 Å². The van der Waals surface area contributed by atoms with E-state index in [0.717, 1.165) is 17.7 Å². The zero-order valence-corrected chi connectivity index (χ0v) is 8.35. The van der Waals surface area contributed by atoms with E-state index in [0.29, 0.717) is 5.56 Å². The third kappa shape index (κ3) is 3.07. The molecule has 0 N–H and O–H groups in total. The van der Waals surface area contributed by atoms with Gasteiger partial charge < -0.3 is 0 Å². The van der Waals surface area contributed by atoms with E-state index in [1.165, 1.54) is 6.07 Å². The van der Waals surface area contributed by atoms with Gasteiger partial charge in [0.15, 0.2) is 11.6 Å². The first-order chi connectivity index (χ1) is 7.17. The summed E-state index contributed by atoms with van der Waals surface area (Å²) >= 11 is 0. The lowest BCUT2D eigenvalue weighted by molar-refractivity contribution is 0.508. The van der Waals surface area contributed by atoms with Gasteiger partial charge in [-0.25, -0.2) is 8.78 Å². The van der Waals surface area contributed by atoms with Crippen LogP contribution >= 0.6 is 0 Å². The third-order valence-electron chi connectivity index (χ3n) is 1.80. The van der Waals surface area contributed by atoms with Crippen molar-refractivity contribution in [1.29, 1.82) is 0 Å². The van der Waals surface area contributed by atoms with E-state index in [-0.39, 0.29) is 0 Å². The fourth-order valence-corrected chi connectivity index (χ4v) is 0.959. The second kappa shape index (κ2) is 5.11. The second-order valence-corrected chi connectivity index (χ2v) is 2.83. The molecule has 0 aromatic heterocycles. The Hall–Kier alpha value is -1.88. The van der Waals surface area contributed by atoms with Crippen molar-refractivity contribution >= 4 is 0 Å². The molecule has 0 heterocycles. The molecule has 0 bridgehead atoms. The van der Waals surface area contributed by atoms with Crippen molar-refractivity contribution in [3.63, 3.8) is 0 Å². The van der Waals surface area contributed by atoms with E-state index in [2.05, 4.69) is 18.4 Å². The Morgan fingerprint density at radius 2 is 2.07 bits per heavy atom. The summed E-state index contributed by atoms with van der Waals surface area (Å²) in [6, 6.07) is 3.56. The van der Waals surface area contributed by atoms with Crippen molar-refractivity contribution in [2.24, 2.45) is 0 Å². The van der Waals surface area contributed by atoms with Gasteiger partial charge in [0.2, 0.25) is 0 Å². The monoisotopic (exact) mass is 204 g/mol. The van der Waals surface area contributed by atoms with E-state index < -0.39 is 11.6 Å². The highest BCUT2D eigenvalue weighted by Crippen LogP contribution is 2.07. The highest BCUT2D eigenvalue weighted by molar-refractivity contribution is 5.44. The van der Waals surface area contributed by atoms with Crippen molar-refractivity contribution in [2.75, 3.05) is 0 Å². The molecule has 0 nitrogen and oxygen atoms in total. The van der Waals surface area contributed by atoms with Crippen molar-refractivity contribution in [1.82, 2.24) is 0 Å². The molecule has 0 atom stereocenters. The van der Waals surface area contributed by atoms with E-state index in [9.17, 15) is 8.78 Å². The molecule has 2 heteroatoms. The van der Waals surface area contributed by atoms with Crippen LogP contribution in [0.25, 0.3) is 0 Å². The molecule has 0 saturated carbocycles. The summed E-state index contributed by atoms with van der Waals surface area (Å²) in [5.74, 6) is 3.75. The molecular formula is C13H10F2. The van der Waals surface area contributed by atoms with Crippen LogP contribution in [-0.4, -0.2) is 0 Å². The lowest BCUT2D eigenvalue weighted by atomic mass is 10.2. The van der Waals surface area contributed by atoms with Gasteiger partial charge in [-0.1, -0.05) is 30.6 Å². The first-order valence-electron chi connectivity index (χ1n) is 4.43. The zero-order valence-electron chi connectivity index (χ0n) is 8.35. The van der Waals surface area contributed by atoms with Crippen LogP contribution in [0.5, 0.6) is 0 Å². The van der Waals surface area contributed by atoms with Gasteiger partial charge in [-0.2, -0.15) is 0 Å². The van der Waals surface area contributed by atoms with Gasteiger partial charge >= 0.3 is 0 Å². The Morgan fingerprint density at radius 3 is 2.60 bits per heavy atom. The summed E-state index contributed by atoms with van der Waals surface area (Å²) in [5, 5.41) is 0. The maximum Gasteiger partial charge on any atom is 0.160 e. The van der Waals surface area contributed by atoms with E-state index in [1.807, 2.05) is 6.92 Å². The molecule has 15 heavy (non-hydrogen) atoms. The lowest BCUT2D eigenvalue weighted by Crippen LogP contribution is -1.84. The number of hydrogen-bond acceptors (Lipinski definition) is 0.